The van der Waals surface area contributed by atoms with Crippen LogP contribution in [-0.4, -0.2) is 58.4 Å². The number of benzene rings is 1. The average molecular weight is 509 g/mol. The second kappa shape index (κ2) is 10.7. The van der Waals surface area contributed by atoms with Gasteiger partial charge < -0.3 is 24.9 Å². The number of hydrogen-bond donors (Lipinski definition) is 1. The number of halogens is 2. The minimum absolute atomic E-state index is 0. The Kier molecular flexibility index (Phi) is 7.72. The fraction of sp³-hybridized carbons (Fsp3) is 0.455. The van der Waals surface area contributed by atoms with Crippen molar-refractivity contribution in [3.63, 3.8) is 0 Å². The van der Waals surface area contributed by atoms with Crippen LogP contribution in [0.2, 0.25) is 5.02 Å². The smallest absolute Gasteiger partial charge is 0.409 e. The number of ether oxygens (including phenoxy) is 2. The summed E-state index contributed by atoms with van der Waals surface area (Å²) in [4.78, 5) is 19.5. The third kappa shape index (κ3) is 5.35. The Morgan fingerprint density at radius 2 is 1.91 bits per heavy atom. The molecule has 3 aromatic rings. The van der Waals surface area contributed by atoms with Crippen molar-refractivity contribution in [2.75, 3.05) is 32.8 Å². The van der Waals surface area contributed by atoms with Crippen molar-refractivity contribution in [3.8, 4) is 11.5 Å². The van der Waals surface area contributed by atoms with Gasteiger partial charge in [-0.1, -0.05) is 11.6 Å². The van der Waals surface area contributed by atoms with Gasteiger partial charge in [0.25, 0.3) is 5.52 Å². The standard InChI is InChI=1S/C22H25ClN6O4.ClH/c23-15-1-2-18-19(11-15)28(22(30)26-29(18)31)8-7-27-5-3-16(4-6-27)24-13-17-12-20-21(14-25-17)33-10-9-32-20;/h1-2,11-12,14,16,24H,3-10,13H2;1H. The molecule has 2 aliphatic rings. The minimum atomic E-state index is -0.566. The van der Waals surface area contributed by atoms with Crippen LogP contribution in [0.1, 0.15) is 18.5 Å². The van der Waals surface area contributed by atoms with E-state index in [4.69, 9.17) is 21.1 Å². The number of pyridine rings is 1. The normalized spacial score (nSPS) is 16.4. The van der Waals surface area contributed by atoms with Gasteiger partial charge >= 0.3 is 5.69 Å². The number of likely N-dealkylation sites (tertiary alicyclic amines) is 1. The van der Waals surface area contributed by atoms with Gasteiger partial charge in [0.15, 0.2) is 11.5 Å². The van der Waals surface area contributed by atoms with E-state index in [1.807, 2.05) is 6.07 Å². The maximum atomic E-state index is 12.3. The molecule has 1 fully saturated rings. The number of hydrogen-bond acceptors (Lipinski definition) is 8. The molecule has 1 aromatic carbocycles. The molecular weight excluding hydrogens is 483 g/mol. The lowest BCUT2D eigenvalue weighted by Crippen LogP contribution is -2.46. The van der Waals surface area contributed by atoms with E-state index in [-0.39, 0.29) is 12.4 Å². The van der Waals surface area contributed by atoms with Gasteiger partial charge in [0.1, 0.15) is 18.7 Å². The summed E-state index contributed by atoms with van der Waals surface area (Å²) in [7, 11) is 0. The lowest BCUT2D eigenvalue weighted by molar-refractivity contribution is -0.645. The zero-order valence-electron chi connectivity index (χ0n) is 18.5. The van der Waals surface area contributed by atoms with Crippen LogP contribution in [0.15, 0.2) is 35.3 Å². The lowest BCUT2D eigenvalue weighted by atomic mass is 10.0. The van der Waals surface area contributed by atoms with Crippen LogP contribution in [0.25, 0.3) is 11.0 Å². The second-order valence-corrected chi connectivity index (χ2v) is 8.69. The molecule has 12 heteroatoms. The van der Waals surface area contributed by atoms with Crippen LogP contribution in [-0.2, 0) is 13.1 Å². The molecule has 0 spiro atoms. The molecule has 0 bridgehead atoms. The molecule has 0 unspecified atom stereocenters. The Hall–Kier alpha value is -2.66. The first kappa shape index (κ1) is 24.5. The molecule has 1 N–H and O–H groups in total. The molecule has 2 aromatic heterocycles. The first-order valence-electron chi connectivity index (χ1n) is 11.1. The molecule has 0 aliphatic carbocycles. The van der Waals surface area contributed by atoms with Crippen molar-refractivity contribution < 1.29 is 14.3 Å². The Morgan fingerprint density at radius 3 is 2.71 bits per heavy atom. The summed E-state index contributed by atoms with van der Waals surface area (Å²) >= 11 is 6.09. The number of piperidine rings is 1. The second-order valence-electron chi connectivity index (χ2n) is 8.26. The van der Waals surface area contributed by atoms with E-state index in [1.165, 1.54) is 4.57 Å². The summed E-state index contributed by atoms with van der Waals surface area (Å²) in [6.07, 6.45) is 3.72. The van der Waals surface area contributed by atoms with E-state index in [0.717, 1.165) is 37.4 Å². The SMILES string of the molecule is Cl.O=c1n[n+]([O-])c2ccc(Cl)cc2n1CCN1CCC(NCc2cc3c(cn2)OCCO3)CC1. The summed E-state index contributed by atoms with van der Waals surface area (Å²) in [5.74, 6) is 1.45. The molecule has 1 saturated heterocycles. The maximum Gasteiger partial charge on any atom is 0.409 e. The number of nitrogens with zero attached hydrogens (tertiary/aromatic N) is 5. The number of nitrogens with one attached hydrogen (secondary N) is 1. The van der Waals surface area contributed by atoms with E-state index in [0.29, 0.717) is 65.5 Å². The first-order valence-corrected chi connectivity index (χ1v) is 11.4. The number of rotatable bonds is 6. The van der Waals surface area contributed by atoms with Gasteiger partial charge in [-0.25, -0.2) is 4.79 Å². The Balaban J connectivity index is 0.00000274. The molecule has 4 heterocycles. The largest absolute Gasteiger partial charge is 0.594 e. The molecule has 0 amide bonds. The van der Waals surface area contributed by atoms with E-state index in [2.05, 4.69) is 20.3 Å². The van der Waals surface area contributed by atoms with Crippen molar-refractivity contribution >= 4 is 35.0 Å². The summed E-state index contributed by atoms with van der Waals surface area (Å²) in [6.45, 7) is 4.78. The Labute approximate surface area is 207 Å². The van der Waals surface area contributed by atoms with Crippen LogP contribution in [0.3, 0.4) is 0 Å². The fourth-order valence-electron chi connectivity index (χ4n) is 4.32. The minimum Gasteiger partial charge on any atom is -0.594 e. The zero-order chi connectivity index (χ0) is 22.8. The van der Waals surface area contributed by atoms with Crippen molar-refractivity contribution in [1.29, 1.82) is 0 Å². The van der Waals surface area contributed by atoms with E-state index in [1.54, 1.807) is 24.4 Å². The van der Waals surface area contributed by atoms with Crippen LogP contribution >= 0.6 is 24.0 Å². The molecule has 0 atom stereocenters. The third-order valence-corrected chi connectivity index (χ3v) is 6.36. The average Bonchev–Trinajstić information content (AvgIpc) is 2.83. The summed E-state index contributed by atoms with van der Waals surface area (Å²) < 4.78 is 12.7. The van der Waals surface area contributed by atoms with Gasteiger partial charge in [-0.2, -0.15) is 0 Å². The number of fused-ring (bicyclic) bond motifs is 2. The van der Waals surface area contributed by atoms with E-state index < -0.39 is 5.69 Å². The van der Waals surface area contributed by atoms with Crippen molar-refractivity contribution in [2.24, 2.45) is 0 Å². The quantitative estimate of drug-likeness (QED) is 0.394. The highest BCUT2D eigenvalue weighted by Gasteiger charge is 2.21. The fourth-order valence-corrected chi connectivity index (χ4v) is 4.48. The topological polar surface area (TPSA) is 108 Å². The summed E-state index contributed by atoms with van der Waals surface area (Å²) in [6, 6.07) is 7.17. The molecular formula is C22H26Cl2N6O4. The highest BCUT2D eigenvalue weighted by Crippen LogP contribution is 2.29. The molecule has 182 valence electrons. The van der Waals surface area contributed by atoms with Crippen molar-refractivity contribution in [1.82, 2.24) is 24.9 Å². The lowest BCUT2D eigenvalue weighted by Gasteiger charge is -2.32. The first-order chi connectivity index (χ1) is 16.1. The predicted octanol–water partition coefficient (Wildman–Crippen LogP) is 1.53. The van der Waals surface area contributed by atoms with Gasteiger partial charge in [0.05, 0.1) is 17.0 Å². The van der Waals surface area contributed by atoms with Gasteiger partial charge in [-0.15, -0.1) is 12.4 Å². The molecule has 2 aliphatic heterocycles. The van der Waals surface area contributed by atoms with Gasteiger partial charge in [0.2, 0.25) is 0 Å². The van der Waals surface area contributed by atoms with Gasteiger partial charge in [-0.05, 0) is 42.9 Å². The number of aromatic nitrogens is 4. The summed E-state index contributed by atoms with van der Waals surface area (Å²) in [5.41, 5.74) is 1.19. The molecule has 10 nitrogen and oxygen atoms in total. The van der Waals surface area contributed by atoms with Gasteiger partial charge in [-0.3, -0.25) is 9.55 Å². The van der Waals surface area contributed by atoms with Crippen LogP contribution in [0, 0.1) is 5.21 Å². The van der Waals surface area contributed by atoms with Crippen LogP contribution < -0.4 is 25.3 Å². The zero-order valence-corrected chi connectivity index (χ0v) is 20.1. The van der Waals surface area contributed by atoms with Gasteiger partial charge in [0, 0.05) is 42.8 Å². The van der Waals surface area contributed by atoms with E-state index >= 15 is 0 Å². The molecule has 34 heavy (non-hydrogen) atoms. The third-order valence-electron chi connectivity index (χ3n) is 6.13. The highest BCUT2D eigenvalue weighted by molar-refractivity contribution is 6.31. The van der Waals surface area contributed by atoms with Crippen molar-refractivity contribution in [2.45, 2.75) is 32.0 Å². The Bertz CT molecular complexity index is 1220. The van der Waals surface area contributed by atoms with E-state index in [9.17, 15) is 10.0 Å². The molecule has 5 rings (SSSR count). The Morgan fingerprint density at radius 1 is 1.15 bits per heavy atom. The highest BCUT2D eigenvalue weighted by atomic mass is 35.5. The monoisotopic (exact) mass is 508 g/mol. The molecule has 0 saturated carbocycles. The predicted molar refractivity (Wildman–Crippen MR) is 129 cm³/mol. The van der Waals surface area contributed by atoms with Crippen molar-refractivity contribution in [3.05, 3.63) is 56.9 Å². The molecule has 0 radical (unpaired) electrons. The summed E-state index contributed by atoms with van der Waals surface area (Å²) in [5, 5.41) is 19.6. The van der Waals surface area contributed by atoms with Crippen LogP contribution in [0.4, 0.5) is 0 Å². The van der Waals surface area contributed by atoms with Crippen LogP contribution in [0.5, 0.6) is 11.5 Å². The maximum absolute atomic E-state index is 12.3.